The van der Waals surface area contributed by atoms with Crippen LogP contribution in [0.4, 0.5) is 15.8 Å². The highest BCUT2D eigenvalue weighted by molar-refractivity contribution is 5.69. The molecule has 1 aromatic carbocycles. The van der Waals surface area contributed by atoms with Crippen molar-refractivity contribution in [3.05, 3.63) is 53.1 Å². The lowest BCUT2D eigenvalue weighted by molar-refractivity contribution is 0.628. The normalized spacial score (nSPS) is 10.1. The monoisotopic (exact) mass is 255 g/mol. The van der Waals surface area contributed by atoms with E-state index in [1.807, 2.05) is 20.0 Å². The van der Waals surface area contributed by atoms with Crippen molar-refractivity contribution in [2.45, 2.75) is 13.8 Å². The smallest absolute Gasteiger partial charge is 0.125 e. The Balaban J connectivity index is 2.56. The summed E-state index contributed by atoms with van der Waals surface area (Å²) < 4.78 is 13.3. The van der Waals surface area contributed by atoms with Crippen LogP contribution in [0.2, 0.25) is 0 Å². The van der Waals surface area contributed by atoms with Gasteiger partial charge in [-0.05, 0) is 38.1 Å². The zero-order valence-corrected chi connectivity index (χ0v) is 11.1. The lowest BCUT2D eigenvalue weighted by atomic mass is 10.1. The number of aryl methyl sites for hydroxylation is 2. The van der Waals surface area contributed by atoms with Gasteiger partial charge in [-0.15, -0.1) is 0 Å². The molecule has 0 aliphatic heterocycles. The highest BCUT2D eigenvalue weighted by Crippen LogP contribution is 2.28. The van der Waals surface area contributed by atoms with E-state index in [0.717, 1.165) is 11.4 Å². The molecule has 19 heavy (non-hydrogen) atoms. The van der Waals surface area contributed by atoms with Gasteiger partial charge in [0.05, 0.1) is 16.9 Å². The third-order valence-corrected chi connectivity index (χ3v) is 2.98. The molecule has 0 atom stereocenters. The fourth-order valence-electron chi connectivity index (χ4n) is 2.03. The molecule has 2 aromatic rings. The molecule has 0 unspecified atom stereocenters. The van der Waals surface area contributed by atoms with Crippen LogP contribution >= 0.6 is 0 Å². The largest absolute Gasteiger partial charge is 0.343 e. The zero-order chi connectivity index (χ0) is 14.0. The molecule has 1 heterocycles. The second-order valence-corrected chi connectivity index (χ2v) is 4.39. The van der Waals surface area contributed by atoms with Gasteiger partial charge in [0.2, 0.25) is 0 Å². The minimum atomic E-state index is -0.301. The number of rotatable bonds is 2. The molecule has 0 amide bonds. The number of nitriles is 1. The van der Waals surface area contributed by atoms with Gasteiger partial charge in [-0.1, -0.05) is 6.07 Å². The number of hydrogen-bond acceptors (Lipinski definition) is 3. The predicted octanol–water partition coefficient (Wildman–Crippen LogP) is 3.48. The van der Waals surface area contributed by atoms with Crippen molar-refractivity contribution in [2.75, 3.05) is 11.9 Å². The zero-order valence-electron chi connectivity index (χ0n) is 11.1. The van der Waals surface area contributed by atoms with E-state index in [2.05, 4.69) is 11.1 Å². The summed E-state index contributed by atoms with van der Waals surface area (Å²) >= 11 is 0. The van der Waals surface area contributed by atoms with Gasteiger partial charge in [-0.3, -0.25) is 4.98 Å². The van der Waals surface area contributed by atoms with Gasteiger partial charge >= 0.3 is 0 Å². The van der Waals surface area contributed by atoms with Crippen molar-refractivity contribution in [1.82, 2.24) is 4.98 Å². The maximum absolute atomic E-state index is 13.3. The second kappa shape index (κ2) is 5.07. The number of pyridine rings is 1. The number of nitrogens with zero attached hydrogens (tertiary/aromatic N) is 3. The number of halogens is 1. The molecule has 0 bridgehead atoms. The molecule has 4 heteroatoms. The van der Waals surface area contributed by atoms with Crippen LogP contribution in [0.5, 0.6) is 0 Å². The molecule has 0 spiro atoms. The van der Waals surface area contributed by atoms with Crippen LogP contribution in [-0.2, 0) is 0 Å². The minimum Gasteiger partial charge on any atom is -0.343 e. The Labute approximate surface area is 111 Å². The van der Waals surface area contributed by atoms with Crippen molar-refractivity contribution < 1.29 is 4.39 Å². The van der Waals surface area contributed by atoms with E-state index < -0.39 is 0 Å². The first-order valence-corrected chi connectivity index (χ1v) is 5.90. The molecule has 2 rings (SSSR count). The van der Waals surface area contributed by atoms with Crippen LogP contribution < -0.4 is 4.90 Å². The molecular formula is C15H14FN3. The third kappa shape index (κ3) is 2.55. The van der Waals surface area contributed by atoms with E-state index in [4.69, 9.17) is 0 Å². The summed E-state index contributed by atoms with van der Waals surface area (Å²) in [4.78, 5) is 6.07. The van der Waals surface area contributed by atoms with Crippen LogP contribution in [-0.4, -0.2) is 12.0 Å². The van der Waals surface area contributed by atoms with Crippen molar-refractivity contribution in [1.29, 1.82) is 5.26 Å². The van der Waals surface area contributed by atoms with E-state index in [9.17, 15) is 9.65 Å². The summed E-state index contributed by atoms with van der Waals surface area (Å²) in [5, 5.41) is 9.25. The molecule has 1 aromatic heterocycles. The quantitative estimate of drug-likeness (QED) is 0.824. The first kappa shape index (κ1) is 13.0. The third-order valence-electron chi connectivity index (χ3n) is 2.98. The first-order valence-electron chi connectivity index (χ1n) is 5.90. The van der Waals surface area contributed by atoms with E-state index in [1.54, 1.807) is 24.0 Å². The van der Waals surface area contributed by atoms with E-state index in [0.29, 0.717) is 16.9 Å². The summed E-state index contributed by atoms with van der Waals surface area (Å²) in [6, 6.07) is 10.3. The van der Waals surface area contributed by atoms with Crippen LogP contribution in [0.25, 0.3) is 0 Å². The summed E-state index contributed by atoms with van der Waals surface area (Å²) in [5.41, 5.74) is 3.45. The molecule has 0 N–H and O–H groups in total. The average molecular weight is 255 g/mol. The SMILES string of the molecule is Cc1cc(N(C)c2cccc(F)c2)c(C#N)c(C)n1. The first-order chi connectivity index (χ1) is 9.02. The van der Waals surface area contributed by atoms with Crippen molar-refractivity contribution >= 4 is 11.4 Å². The molecule has 0 aliphatic carbocycles. The fourth-order valence-corrected chi connectivity index (χ4v) is 2.03. The van der Waals surface area contributed by atoms with Crippen molar-refractivity contribution in [2.24, 2.45) is 0 Å². The van der Waals surface area contributed by atoms with Gasteiger partial charge in [0.15, 0.2) is 0 Å². The lowest BCUT2D eigenvalue weighted by Gasteiger charge is -2.21. The number of anilines is 2. The van der Waals surface area contributed by atoms with E-state index in [-0.39, 0.29) is 5.82 Å². The summed E-state index contributed by atoms with van der Waals surface area (Å²) in [6.45, 7) is 3.67. The van der Waals surface area contributed by atoms with Gasteiger partial charge in [-0.25, -0.2) is 4.39 Å². The summed E-state index contributed by atoms with van der Waals surface area (Å²) in [7, 11) is 1.81. The van der Waals surface area contributed by atoms with Crippen LogP contribution in [0.3, 0.4) is 0 Å². The number of hydrogen-bond donors (Lipinski definition) is 0. The topological polar surface area (TPSA) is 39.9 Å². The molecule has 0 fully saturated rings. The van der Waals surface area contributed by atoms with Gasteiger partial charge < -0.3 is 4.90 Å². The summed E-state index contributed by atoms with van der Waals surface area (Å²) in [5.74, 6) is -0.301. The highest BCUT2D eigenvalue weighted by atomic mass is 19.1. The standard InChI is InChI=1S/C15H14FN3/c1-10-7-15(14(9-17)11(2)18-10)19(3)13-6-4-5-12(16)8-13/h4-8H,1-3H3. The van der Waals surface area contributed by atoms with Gasteiger partial charge in [0.1, 0.15) is 11.9 Å². The Hall–Kier alpha value is -2.41. The second-order valence-electron chi connectivity index (χ2n) is 4.39. The number of benzene rings is 1. The highest BCUT2D eigenvalue weighted by Gasteiger charge is 2.13. The van der Waals surface area contributed by atoms with Crippen LogP contribution in [0, 0.1) is 31.0 Å². The Bertz CT molecular complexity index is 659. The van der Waals surface area contributed by atoms with Crippen molar-refractivity contribution in [3.63, 3.8) is 0 Å². The molecule has 96 valence electrons. The van der Waals surface area contributed by atoms with E-state index >= 15 is 0 Å². The number of aromatic nitrogens is 1. The Morgan fingerprint density at radius 2 is 2.00 bits per heavy atom. The lowest BCUT2D eigenvalue weighted by Crippen LogP contribution is -2.13. The van der Waals surface area contributed by atoms with Crippen LogP contribution in [0.15, 0.2) is 30.3 Å². The molecule has 0 aliphatic rings. The van der Waals surface area contributed by atoms with Gasteiger partial charge in [0, 0.05) is 18.4 Å². The van der Waals surface area contributed by atoms with Gasteiger partial charge in [0.25, 0.3) is 0 Å². The Morgan fingerprint density at radius 1 is 1.26 bits per heavy atom. The predicted molar refractivity (Wildman–Crippen MR) is 72.9 cm³/mol. The Kier molecular flexibility index (Phi) is 3.48. The Morgan fingerprint density at radius 3 is 2.63 bits per heavy atom. The van der Waals surface area contributed by atoms with Crippen molar-refractivity contribution in [3.8, 4) is 6.07 Å². The fraction of sp³-hybridized carbons (Fsp3) is 0.200. The minimum absolute atomic E-state index is 0.301. The van der Waals surface area contributed by atoms with Crippen LogP contribution in [0.1, 0.15) is 17.0 Å². The maximum atomic E-state index is 13.3. The summed E-state index contributed by atoms with van der Waals surface area (Å²) in [6.07, 6.45) is 0. The molecular weight excluding hydrogens is 241 g/mol. The molecule has 0 radical (unpaired) electrons. The van der Waals surface area contributed by atoms with E-state index in [1.165, 1.54) is 12.1 Å². The maximum Gasteiger partial charge on any atom is 0.125 e. The molecule has 3 nitrogen and oxygen atoms in total. The average Bonchev–Trinajstić information content (AvgIpc) is 2.37. The van der Waals surface area contributed by atoms with Gasteiger partial charge in [-0.2, -0.15) is 5.26 Å². The molecule has 0 saturated carbocycles. The molecule has 0 saturated heterocycles.